The molecule has 0 aromatic carbocycles. The zero-order valence-corrected chi connectivity index (χ0v) is 8.71. The summed E-state index contributed by atoms with van der Waals surface area (Å²) in [5.74, 6) is 5.28. The van der Waals surface area contributed by atoms with Crippen molar-refractivity contribution >= 4 is 16.5 Å². The van der Waals surface area contributed by atoms with Crippen LogP contribution < -0.4 is 11.3 Å². The van der Waals surface area contributed by atoms with Crippen LogP contribution in [-0.4, -0.2) is 28.1 Å². The second-order valence-electron chi connectivity index (χ2n) is 2.84. The minimum Gasteiger partial charge on any atom is -0.313 e. The Bertz CT molecular complexity index is 316. The maximum absolute atomic E-state index is 8.41. The van der Waals surface area contributed by atoms with Crippen LogP contribution in [0.4, 0.5) is 5.00 Å². The number of nitrogen functional groups attached to an aromatic ring is 1. The van der Waals surface area contributed by atoms with Gasteiger partial charge in [-0.15, -0.1) is 5.10 Å². The van der Waals surface area contributed by atoms with Crippen LogP contribution in [0.15, 0.2) is 0 Å². The summed E-state index contributed by atoms with van der Waals surface area (Å²) in [5.41, 5.74) is 3.36. The first-order valence-corrected chi connectivity index (χ1v) is 4.88. The van der Waals surface area contributed by atoms with E-state index in [2.05, 4.69) is 21.1 Å². The summed E-state index contributed by atoms with van der Waals surface area (Å²) in [5, 5.41) is 13.1. The summed E-state index contributed by atoms with van der Waals surface area (Å²) in [6.45, 7) is 1.37. The third kappa shape index (κ3) is 2.92. The Kier molecular flexibility index (Phi) is 4.25. The molecule has 0 atom stereocenters. The molecule has 14 heavy (non-hydrogen) atoms. The monoisotopic (exact) mass is 212 g/mol. The lowest BCUT2D eigenvalue weighted by molar-refractivity contribution is 0.331. The summed E-state index contributed by atoms with van der Waals surface area (Å²) in [7, 11) is 1.93. The Balaban J connectivity index is 2.47. The van der Waals surface area contributed by atoms with Gasteiger partial charge in [0, 0.05) is 31.0 Å². The fraction of sp³-hybridized carbons (Fsp3) is 0.571. The van der Waals surface area contributed by atoms with Crippen LogP contribution in [0.25, 0.3) is 0 Å². The molecule has 1 aromatic heterocycles. The van der Waals surface area contributed by atoms with Gasteiger partial charge in [-0.1, -0.05) is 4.49 Å². The van der Waals surface area contributed by atoms with Crippen LogP contribution >= 0.6 is 11.5 Å². The molecule has 0 radical (unpaired) electrons. The van der Waals surface area contributed by atoms with Crippen LogP contribution in [0.5, 0.6) is 0 Å². The highest BCUT2D eigenvalue weighted by Crippen LogP contribution is 2.16. The summed E-state index contributed by atoms with van der Waals surface area (Å²) >= 11 is 1.23. The molecule has 7 heteroatoms. The smallest absolute Gasteiger partial charge is 0.148 e. The molecule has 0 saturated heterocycles. The van der Waals surface area contributed by atoms with Gasteiger partial charge in [-0.3, -0.25) is 4.90 Å². The third-order valence-electron chi connectivity index (χ3n) is 1.71. The molecule has 3 N–H and O–H groups in total. The molecular weight excluding hydrogens is 200 g/mol. The Morgan fingerprint density at radius 3 is 3.14 bits per heavy atom. The first-order valence-electron chi connectivity index (χ1n) is 4.11. The van der Waals surface area contributed by atoms with Gasteiger partial charge in [0.2, 0.25) is 0 Å². The highest BCUT2D eigenvalue weighted by atomic mass is 32.1. The van der Waals surface area contributed by atoms with Gasteiger partial charge in [-0.2, -0.15) is 5.26 Å². The van der Waals surface area contributed by atoms with Crippen molar-refractivity contribution in [3.8, 4) is 6.07 Å². The molecule has 0 fully saturated rings. The van der Waals surface area contributed by atoms with Crippen molar-refractivity contribution in [3.05, 3.63) is 5.69 Å². The van der Waals surface area contributed by atoms with E-state index in [0.29, 0.717) is 13.0 Å². The quantitative estimate of drug-likeness (QED) is 0.534. The van der Waals surface area contributed by atoms with Gasteiger partial charge in [-0.05, 0) is 7.05 Å². The molecule has 0 saturated carbocycles. The van der Waals surface area contributed by atoms with Crippen molar-refractivity contribution in [2.75, 3.05) is 19.0 Å². The minimum atomic E-state index is 0.513. The van der Waals surface area contributed by atoms with Crippen LogP contribution in [-0.2, 0) is 6.54 Å². The van der Waals surface area contributed by atoms with Crippen LogP contribution in [0.2, 0.25) is 0 Å². The number of hydrogen-bond donors (Lipinski definition) is 2. The van der Waals surface area contributed by atoms with E-state index in [-0.39, 0.29) is 0 Å². The zero-order valence-electron chi connectivity index (χ0n) is 7.90. The molecule has 0 aliphatic heterocycles. The van der Waals surface area contributed by atoms with Crippen molar-refractivity contribution in [2.24, 2.45) is 5.84 Å². The number of hydrogen-bond acceptors (Lipinski definition) is 7. The summed E-state index contributed by atoms with van der Waals surface area (Å²) in [4.78, 5) is 2.00. The number of aromatic nitrogens is 2. The van der Waals surface area contributed by atoms with E-state index < -0.39 is 0 Å². The predicted octanol–water partition coefficient (Wildman–Crippen LogP) is 0.169. The van der Waals surface area contributed by atoms with Crippen molar-refractivity contribution in [1.82, 2.24) is 14.5 Å². The fourth-order valence-electron chi connectivity index (χ4n) is 0.997. The molecule has 6 nitrogen and oxygen atoms in total. The first kappa shape index (κ1) is 10.8. The molecule has 1 rings (SSSR count). The van der Waals surface area contributed by atoms with Gasteiger partial charge >= 0.3 is 0 Å². The normalized spacial score (nSPS) is 10.1. The van der Waals surface area contributed by atoms with Crippen LogP contribution in [0.1, 0.15) is 12.1 Å². The van der Waals surface area contributed by atoms with E-state index in [9.17, 15) is 0 Å². The van der Waals surface area contributed by atoms with Gasteiger partial charge in [0.1, 0.15) is 10.7 Å². The molecular formula is C7H12N6S. The van der Waals surface area contributed by atoms with Gasteiger partial charge in [-0.25, -0.2) is 5.84 Å². The highest BCUT2D eigenvalue weighted by molar-refractivity contribution is 7.10. The summed E-state index contributed by atoms with van der Waals surface area (Å²) < 4.78 is 3.78. The molecule has 0 unspecified atom stereocenters. The SMILES string of the molecule is CN(CCC#N)Cc1nnsc1NN. The number of nitrogens with zero attached hydrogens (tertiary/aromatic N) is 4. The van der Waals surface area contributed by atoms with Crippen LogP contribution in [0.3, 0.4) is 0 Å². The number of nitriles is 1. The van der Waals surface area contributed by atoms with Gasteiger partial charge < -0.3 is 5.43 Å². The zero-order chi connectivity index (χ0) is 10.4. The third-order valence-corrected chi connectivity index (χ3v) is 2.41. The van der Waals surface area contributed by atoms with Gasteiger partial charge in [0.15, 0.2) is 0 Å². The lowest BCUT2D eigenvalue weighted by Crippen LogP contribution is -2.20. The molecule has 0 aliphatic rings. The molecule has 1 heterocycles. The minimum absolute atomic E-state index is 0.513. The molecule has 0 spiro atoms. The Morgan fingerprint density at radius 2 is 2.50 bits per heavy atom. The van der Waals surface area contributed by atoms with Crippen LogP contribution in [0, 0.1) is 11.3 Å². The first-order chi connectivity index (χ1) is 6.77. The van der Waals surface area contributed by atoms with Crippen molar-refractivity contribution in [1.29, 1.82) is 5.26 Å². The molecule has 0 aliphatic carbocycles. The second-order valence-corrected chi connectivity index (χ2v) is 3.59. The topological polar surface area (TPSA) is 90.9 Å². The molecule has 1 aromatic rings. The van der Waals surface area contributed by atoms with Crippen molar-refractivity contribution < 1.29 is 0 Å². The van der Waals surface area contributed by atoms with E-state index in [0.717, 1.165) is 17.2 Å². The number of rotatable bonds is 5. The molecule has 0 bridgehead atoms. The molecule has 76 valence electrons. The van der Waals surface area contributed by atoms with E-state index in [1.54, 1.807) is 0 Å². The Labute approximate surface area is 86.5 Å². The number of nitrogens with two attached hydrogens (primary N) is 1. The van der Waals surface area contributed by atoms with Gasteiger partial charge in [0.25, 0.3) is 0 Å². The summed E-state index contributed by atoms with van der Waals surface area (Å²) in [6, 6.07) is 2.09. The number of nitrogens with one attached hydrogen (secondary N) is 1. The van der Waals surface area contributed by atoms with E-state index in [1.165, 1.54) is 11.5 Å². The standard InChI is InChI=1S/C7H12N6S/c1-13(4-2-3-8)5-6-7(10-9)14-12-11-6/h10H,2,4-5,9H2,1H3. The largest absolute Gasteiger partial charge is 0.313 e. The lowest BCUT2D eigenvalue weighted by atomic mass is 10.4. The molecule has 0 amide bonds. The summed E-state index contributed by atoms with van der Waals surface area (Å²) in [6.07, 6.45) is 0.513. The maximum Gasteiger partial charge on any atom is 0.148 e. The van der Waals surface area contributed by atoms with Gasteiger partial charge in [0.05, 0.1) is 6.07 Å². The predicted molar refractivity (Wildman–Crippen MR) is 54.3 cm³/mol. The van der Waals surface area contributed by atoms with E-state index >= 15 is 0 Å². The Morgan fingerprint density at radius 1 is 1.71 bits per heavy atom. The van der Waals surface area contributed by atoms with Crippen molar-refractivity contribution in [2.45, 2.75) is 13.0 Å². The average Bonchev–Trinajstić information content (AvgIpc) is 2.62. The highest BCUT2D eigenvalue weighted by Gasteiger charge is 2.08. The number of hydrazine groups is 1. The van der Waals surface area contributed by atoms with E-state index in [1.807, 2.05) is 11.9 Å². The Hall–Kier alpha value is -1.23. The lowest BCUT2D eigenvalue weighted by Gasteiger charge is -2.12. The maximum atomic E-state index is 8.41. The second kappa shape index (κ2) is 5.49. The number of anilines is 1. The van der Waals surface area contributed by atoms with E-state index in [4.69, 9.17) is 11.1 Å². The fourth-order valence-corrected chi connectivity index (χ4v) is 1.48. The van der Waals surface area contributed by atoms with Crippen molar-refractivity contribution in [3.63, 3.8) is 0 Å². The average molecular weight is 212 g/mol.